The molecule has 4 nitrogen and oxygen atoms in total. The second kappa shape index (κ2) is 7.06. The standard InChI is InChI=1S/C17H16ClN4S/c1-12-15(23-13(2)21-12)10-22(9-14-6-4-3-5-7-14)17-8-16(18)19-11-20-17/h3-4,6-8,11H,9-10H2,1-2H3. The average molecular weight is 344 g/mol. The van der Waals surface area contributed by atoms with E-state index in [9.17, 15) is 0 Å². The van der Waals surface area contributed by atoms with E-state index in [-0.39, 0.29) is 0 Å². The highest BCUT2D eigenvalue weighted by molar-refractivity contribution is 7.11. The first-order valence-electron chi connectivity index (χ1n) is 7.22. The molecule has 117 valence electrons. The van der Waals surface area contributed by atoms with Gasteiger partial charge in [0.2, 0.25) is 0 Å². The Morgan fingerprint density at radius 3 is 2.78 bits per heavy atom. The predicted molar refractivity (Wildman–Crippen MR) is 93.8 cm³/mol. The molecule has 0 saturated carbocycles. The number of rotatable bonds is 5. The molecule has 6 heteroatoms. The van der Waals surface area contributed by atoms with Crippen molar-refractivity contribution in [3.05, 3.63) is 69.0 Å². The van der Waals surface area contributed by atoms with Gasteiger partial charge in [-0.2, -0.15) is 0 Å². The Balaban J connectivity index is 1.91. The van der Waals surface area contributed by atoms with Gasteiger partial charge in [-0.05, 0) is 31.5 Å². The lowest BCUT2D eigenvalue weighted by Gasteiger charge is -2.23. The van der Waals surface area contributed by atoms with E-state index in [4.69, 9.17) is 11.6 Å². The van der Waals surface area contributed by atoms with E-state index in [0.717, 1.165) is 29.6 Å². The Morgan fingerprint density at radius 2 is 2.13 bits per heavy atom. The number of halogens is 1. The molecule has 2 heterocycles. The average Bonchev–Trinajstić information content (AvgIpc) is 2.85. The molecule has 0 aliphatic heterocycles. The van der Waals surface area contributed by atoms with Crippen molar-refractivity contribution in [1.29, 1.82) is 0 Å². The van der Waals surface area contributed by atoms with E-state index in [1.54, 1.807) is 17.4 Å². The number of benzene rings is 1. The van der Waals surface area contributed by atoms with Crippen molar-refractivity contribution in [2.45, 2.75) is 26.9 Å². The lowest BCUT2D eigenvalue weighted by atomic mass is 10.2. The fourth-order valence-corrected chi connectivity index (χ4v) is 3.45. The summed E-state index contributed by atoms with van der Waals surface area (Å²) in [6, 6.07) is 12.9. The number of aryl methyl sites for hydroxylation is 2. The summed E-state index contributed by atoms with van der Waals surface area (Å²) in [7, 11) is 0. The van der Waals surface area contributed by atoms with Gasteiger partial charge >= 0.3 is 0 Å². The first-order valence-corrected chi connectivity index (χ1v) is 8.41. The van der Waals surface area contributed by atoms with Gasteiger partial charge in [0.1, 0.15) is 17.3 Å². The first-order chi connectivity index (χ1) is 11.1. The number of hydrogen-bond acceptors (Lipinski definition) is 5. The highest BCUT2D eigenvalue weighted by Crippen LogP contribution is 2.24. The fraction of sp³-hybridized carbons (Fsp3) is 0.235. The zero-order chi connectivity index (χ0) is 16.2. The van der Waals surface area contributed by atoms with Gasteiger partial charge < -0.3 is 4.90 Å². The highest BCUT2D eigenvalue weighted by atomic mass is 35.5. The highest BCUT2D eigenvalue weighted by Gasteiger charge is 2.14. The van der Waals surface area contributed by atoms with Gasteiger partial charge in [0.15, 0.2) is 0 Å². The zero-order valence-corrected chi connectivity index (χ0v) is 14.5. The van der Waals surface area contributed by atoms with Crippen LogP contribution in [-0.4, -0.2) is 15.0 Å². The van der Waals surface area contributed by atoms with Gasteiger partial charge in [0.25, 0.3) is 0 Å². The third-order valence-corrected chi connectivity index (χ3v) is 4.69. The summed E-state index contributed by atoms with van der Waals surface area (Å²) < 4.78 is 0. The number of nitrogens with zero attached hydrogens (tertiary/aromatic N) is 4. The quantitative estimate of drug-likeness (QED) is 0.651. The maximum absolute atomic E-state index is 6.04. The van der Waals surface area contributed by atoms with Crippen LogP contribution in [0.1, 0.15) is 21.1 Å². The molecule has 0 aliphatic carbocycles. The molecule has 0 saturated heterocycles. The molecule has 23 heavy (non-hydrogen) atoms. The maximum atomic E-state index is 6.04. The molecule has 3 rings (SSSR count). The first kappa shape index (κ1) is 15.9. The van der Waals surface area contributed by atoms with E-state index < -0.39 is 0 Å². The summed E-state index contributed by atoms with van der Waals surface area (Å²) in [5.74, 6) is 0.805. The fourth-order valence-electron chi connectivity index (χ4n) is 2.36. The van der Waals surface area contributed by atoms with Crippen LogP contribution in [-0.2, 0) is 13.1 Å². The van der Waals surface area contributed by atoms with Crippen molar-refractivity contribution < 1.29 is 0 Å². The number of thiazole rings is 1. The molecule has 0 atom stereocenters. The minimum atomic E-state index is 0.442. The summed E-state index contributed by atoms with van der Waals surface area (Å²) in [6.07, 6.45) is 1.49. The molecule has 0 bridgehead atoms. The Hall–Kier alpha value is -1.98. The van der Waals surface area contributed by atoms with E-state index in [1.165, 1.54) is 16.8 Å². The van der Waals surface area contributed by atoms with Gasteiger partial charge in [-0.25, -0.2) is 15.0 Å². The Labute approximate surface area is 144 Å². The van der Waals surface area contributed by atoms with Gasteiger partial charge in [-0.15, -0.1) is 11.3 Å². The van der Waals surface area contributed by atoms with Crippen LogP contribution in [0.4, 0.5) is 5.82 Å². The lowest BCUT2D eigenvalue weighted by molar-refractivity contribution is 0.783. The number of hydrogen-bond donors (Lipinski definition) is 0. The topological polar surface area (TPSA) is 41.9 Å². The minimum absolute atomic E-state index is 0.442. The zero-order valence-electron chi connectivity index (χ0n) is 13.0. The summed E-state index contributed by atoms with van der Waals surface area (Å²) in [4.78, 5) is 16.3. The molecule has 1 radical (unpaired) electrons. The molecule has 0 fully saturated rings. The molecule has 1 aromatic carbocycles. The normalized spacial score (nSPS) is 10.7. The SMILES string of the molecule is Cc1nc(C)c(CN(Cc2c[c]ccc2)c2cc(Cl)ncn2)s1. The molecule has 0 unspecified atom stereocenters. The monoisotopic (exact) mass is 343 g/mol. The third-order valence-electron chi connectivity index (χ3n) is 3.42. The van der Waals surface area contributed by atoms with Crippen LogP contribution in [0.5, 0.6) is 0 Å². The maximum Gasteiger partial charge on any atom is 0.134 e. The van der Waals surface area contributed by atoms with Gasteiger partial charge in [-0.3, -0.25) is 0 Å². The minimum Gasteiger partial charge on any atom is -0.347 e. The number of anilines is 1. The van der Waals surface area contributed by atoms with Gasteiger partial charge in [0, 0.05) is 17.5 Å². The van der Waals surface area contributed by atoms with Crippen molar-refractivity contribution in [1.82, 2.24) is 15.0 Å². The predicted octanol–water partition coefficient (Wildman–Crippen LogP) is 4.21. The van der Waals surface area contributed by atoms with Crippen molar-refractivity contribution in [2.24, 2.45) is 0 Å². The Kier molecular flexibility index (Phi) is 4.88. The van der Waals surface area contributed by atoms with Crippen molar-refractivity contribution in [3.8, 4) is 0 Å². The number of aromatic nitrogens is 3. The summed E-state index contributed by atoms with van der Waals surface area (Å²) in [5.41, 5.74) is 2.23. The molecule has 3 aromatic rings. The molecular formula is C17H16ClN4S. The van der Waals surface area contributed by atoms with E-state index in [0.29, 0.717) is 5.15 Å². The summed E-state index contributed by atoms with van der Waals surface area (Å²) >= 11 is 7.75. The summed E-state index contributed by atoms with van der Waals surface area (Å²) in [6.45, 7) is 5.53. The molecule has 0 N–H and O–H groups in total. The second-order valence-corrected chi connectivity index (χ2v) is 6.88. The second-order valence-electron chi connectivity index (χ2n) is 5.21. The molecule has 0 aliphatic rings. The van der Waals surface area contributed by atoms with Crippen molar-refractivity contribution in [3.63, 3.8) is 0 Å². The van der Waals surface area contributed by atoms with Gasteiger partial charge in [0.05, 0.1) is 17.2 Å². The largest absolute Gasteiger partial charge is 0.347 e. The third kappa shape index (κ3) is 4.06. The van der Waals surface area contributed by atoms with Crippen LogP contribution in [0.15, 0.2) is 36.7 Å². The summed E-state index contributed by atoms with van der Waals surface area (Å²) in [5, 5.41) is 1.52. The molecule has 0 amide bonds. The van der Waals surface area contributed by atoms with E-state index in [2.05, 4.69) is 32.0 Å². The van der Waals surface area contributed by atoms with Crippen LogP contribution < -0.4 is 4.90 Å². The van der Waals surface area contributed by atoms with Crippen LogP contribution in [0.25, 0.3) is 0 Å². The lowest BCUT2D eigenvalue weighted by Crippen LogP contribution is -2.23. The van der Waals surface area contributed by atoms with Crippen LogP contribution in [0.2, 0.25) is 5.15 Å². The Morgan fingerprint density at radius 1 is 1.26 bits per heavy atom. The molecule has 2 aromatic heterocycles. The van der Waals surface area contributed by atoms with E-state index >= 15 is 0 Å². The van der Waals surface area contributed by atoms with E-state index in [1.807, 2.05) is 32.0 Å². The Bertz CT molecular complexity index is 788. The van der Waals surface area contributed by atoms with Crippen LogP contribution in [0.3, 0.4) is 0 Å². The van der Waals surface area contributed by atoms with Crippen LogP contribution >= 0.6 is 22.9 Å². The van der Waals surface area contributed by atoms with Crippen molar-refractivity contribution in [2.75, 3.05) is 4.90 Å². The molecular weight excluding hydrogens is 328 g/mol. The van der Waals surface area contributed by atoms with Crippen LogP contribution in [0, 0.1) is 19.9 Å². The van der Waals surface area contributed by atoms with Gasteiger partial charge in [-0.1, -0.05) is 29.8 Å². The smallest absolute Gasteiger partial charge is 0.134 e. The molecule has 0 spiro atoms. The van der Waals surface area contributed by atoms with Crippen molar-refractivity contribution >= 4 is 28.8 Å².